The summed E-state index contributed by atoms with van der Waals surface area (Å²) >= 11 is 0. The van der Waals surface area contributed by atoms with Crippen molar-refractivity contribution in [3.63, 3.8) is 0 Å². The fraction of sp³-hybridized carbons (Fsp3) is 0.586. The topological polar surface area (TPSA) is 115 Å². The zero-order valence-electron chi connectivity index (χ0n) is 21.8. The third-order valence-electron chi connectivity index (χ3n) is 8.04. The monoisotopic (exact) mass is 510 g/mol. The number of hydrogen-bond donors (Lipinski definition) is 2. The van der Waals surface area contributed by atoms with Crippen molar-refractivity contribution in [3.8, 4) is 5.75 Å². The SMILES string of the molecule is COC(=O)[C@H](C[C@@H]1CCCC1=O)NC(=O)[C@@H](CC(=O)c1cc2c(OC)cccc2[nH]1)CC1CCCCC1. The summed E-state index contributed by atoms with van der Waals surface area (Å²) in [5, 5.41) is 3.67. The van der Waals surface area contributed by atoms with Crippen LogP contribution in [0.15, 0.2) is 24.3 Å². The van der Waals surface area contributed by atoms with Gasteiger partial charge < -0.3 is 19.8 Å². The van der Waals surface area contributed by atoms with Crippen LogP contribution in [-0.2, 0) is 19.1 Å². The molecule has 0 radical (unpaired) electrons. The number of rotatable bonds is 11. The molecule has 2 aliphatic carbocycles. The van der Waals surface area contributed by atoms with Crippen LogP contribution >= 0.6 is 0 Å². The lowest BCUT2D eigenvalue weighted by Crippen LogP contribution is -2.46. The highest BCUT2D eigenvalue weighted by Gasteiger charge is 2.34. The van der Waals surface area contributed by atoms with E-state index in [4.69, 9.17) is 9.47 Å². The molecule has 3 atom stereocenters. The van der Waals surface area contributed by atoms with E-state index >= 15 is 0 Å². The van der Waals surface area contributed by atoms with Crippen molar-refractivity contribution in [1.82, 2.24) is 10.3 Å². The first-order valence-electron chi connectivity index (χ1n) is 13.5. The van der Waals surface area contributed by atoms with Gasteiger partial charge in [-0.05, 0) is 49.8 Å². The predicted octanol–water partition coefficient (Wildman–Crippen LogP) is 4.75. The second-order valence-corrected chi connectivity index (χ2v) is 10.5. The van der Waals surface area contributed by atoms with Gasteiger partial charge in [0, 0.05) is 35.6 Å². The average molecular weight is 511 g/mol. The van der Waals surface area contributed by atoms with E-state index in [9.17, 15) is 19.2 Å². The highest BCUT2D eigenvalue weighted by molar-refractivity contribution is 6.02. The van der Waals surface area contributed by atoms with Gasteiger partial charge in [-0.15, -0.1) is 0 Å². The van der Waals surface area contributed by atoms with Gasteiger partial charge in [0.05, 0.1) is 19.9 Å². The lowest BCUT2D eigenvalue weighted by Gasteiger charge is -2.27. The summed E-state index contributed by atoms with van der Waals surface area (Å²) in [5.41, 5.74) is 1.23. The first-order chi connectivity index (χ1) is 17.9. The molecule has 0 aliphatic heterocycles. The van der Waals surface area contributed by atoms with E-state index in [2.05, 4.69) is 10.3 Å². The molecule has 2 aromatic rings. The number of hydrogen-bond acceptors (Lipinski definition) is 6. The Kier molecular flexibility index (Phi) is 9.00. The lowest BCUT2D eigenvalue weighted by atomic mass is 9.80. The molecule has 1 heterocycles. The van der Waals surface area contributed by atoms with Crippen molar-refractivity contribution in [2.75, 3.05) is 14.2 Å². The van der Waals surface area contributed by atoms with Crippen LogP contribution in [0.2, 0.25) is 0 Å². The van der Waals surface area contributed by atoms with Gasteiger partial charge in [0.2, 0.25) is 5.91 Å². The Morgan fingerprint density at radius 2 is 1.84 bits per heavy atom. The number of benzene rings is 1. The molecule has 2 fully saturated rings. The number of aromatic amines is 1. The van der Waals surface area contributed by atoms with Gasteiger partial charge in [0.15, 0.2) is 5.78 Å². The van der Waals surface area contributed by atoms with E-state index in [1.54, 1.807) is 13.2 Å². The minimum Gasteiger partial charge on any atom is -0.496 e. The molecular weight excluding hydrogens is 472 g/mol. The summed E-state index contributed by atoms with van der Waals surface area (Å²) in [5.74, 6) is -0.688. The number of ketones is 2. The molecular formula is C29H38N2O6. The highest BCUT2D eigenvalue weighted by Crippen LogP contribution is 2.32. The number of methoxy groups -OCH3 is 2. The first-order valence-corrected chi connectivity index (χ1v) is 13.5. The first kappa shape index (κ1) is 26.9. The summed E-state index contributed by atoms with van der Waals surface area (Å²) in [6.45, 7) is 0. The highest BCUT2D eigenvalue weighted by atomic mass is 16.5. The number of aromatic nitrogens is 1. The van der Waals surface area contributed by atoms with Crippen molar-refractivity contribution < 1.29 is 28.7 Å². The van der Waals surface area contributed by atoms with Gasteiger partial charge in [-0.3, -0.25) is 14.4 Å². The van der Waals surface area contributed by atoms with Crippen molar-refractivity contribution in [2.24, 2.45) is 17.8 Å². The summed E-state index contributed by atoms with van der Waals surface area (Å²) in [6.07, 6.45) is 8.44. The van der Waals surface area contributed by atoms with Crippen LogP contribution in [-0.4, -0.2) is 48.7 Å². The van der Waals surface area contributed by atoms with Crippen molar-refractivity contribution >= 4 is 34.3 Å². The Labute approximate surface area is 217 Å². The van der Waals surface area contributed by atoms with Gasteiger partial charge in [0.25, 0.3) is 0 Å². The molecule has 0 saturated heterocycles. The van der Waals surface area contributed by atoms with Gasteiger partial charge in [-0.1, -0.05) is 38.2 Å². The van der Waals surface area contributed by atoms with Crippen LogP contribution in [0.4, 0.5) is 0 Å². The Balaban J connectivity index is 1.51. The van der Waals surface area contributed by atoms with Crippen molar-refractivity contribution in [3.05, 3.63) is 30.0 Å². The fourth-order valence-corrected chi connectivity index (χ4v) is 5.97. The van der Waals surface area contributed by atoms with Crippen LogP contribution in [0, 0.1) is 17.8 Å². The number of carbonyl (C=O) groups is 4. The van der Waals surface area contributed by atoms with E-state index in [1.807, 2.05) is 18.2 Å². The molecule has 1 amide bonds. The third kappa shape index (κ3) is 6.59. The largest absolute Gasteiger partial charge is 0.496 e. The summed E-state index contributed by atoms with van der Waals surface area (Å²) in [6, 6.07) is 6.45. The molecule has 8 heteroatoms. The normalized spacial score (nSPS) is 19.9. The van der Waals surface area contributed by atoms with Gasteiger partial charge in [0.1, 0.15) is 17.6 Å². The maximum atomic E-state index is 13.6. The smallest absolute Gasteiger partial charge is 0.328 e. The summed E-state index contributed by atoms with van der Waals surface area (Å²) in [7, 11) is 2.87. The van der Waals surface area contributed by atoms with E-state index < -0.39 is 17.9 Å². The van der Waals surface area contributed by atoms with E-state index in [0.29, 0.717) is 30.2 Å². The summed E-state index contributed by atoms with van der Waals surface area (Å²) in [4.78, 5) is 54.8. The molecule has 0 bridgehead atoms. The lowest BCUT2D eigenvalue weighted by molar-refractivity contribution is -0.146. The third-order valence-corrected chi connectivity index (χ3v) is 8.04. The maximum absolute atomic E-state index is 13.6. The number of nitrogens with one attached hydrogen (secondary N) is 2. The molecule has 37 heavy (non-hydrogen) atoms. The van der Waals surface area contributed by atoms with Crippen molar-refractivity contribution in [1.29, 1.82) is 0 Å². The molecule has 1 aromatic carbocycles. The second-order valence-electron chi connectivity index (χ2n) is 10.5. The van der Waals surface area contributed by atoms with Crippen LogP contribution in [0.1, 0.15) is 81.1 Å². The van der Waals surface area contributed by atoms with Crippen LogP contribution in [0.5, 0.6) is 5.75 Å². The standard InChI is InChI=1S/C29H38N2O6/c1-36-27-13-7-11-22-21(27)17-23(30-22)26(33)16-20(14-18-8-4-3-5-9-18)28(34)31-24(29(35)37-2)15-19-10-6-12-25(19)32/h7,11,13,17-20,24,30H,3-6,8-10,12,14-16H2,1-2H3,(H,31,34)/t19-,20+,24-/m0/s1. The molecule has 4 rings (SSSR count). The number of H-pyrrole nitrogens is 1. The average Bonchev–Trinajstić information content (AvgIpc) is 3.53. The van der Waals surface area contributed by atoms with Crippen LogP contribution in [0.25, 0.3) is 10.9 Å². The van der Waals surface area contributed by atoms with Crippen LogP contribution in [0.3, 0.4) is 0 Å². The molecule has 0 unspecified atom stereocenters. The number of amides is 1. The fourth-order valence-electron chi connectivity index (χ4n) is 5.97. The minimum atomic E-state index is -0.897. The number of esters is 1. The second kappa shape index (κ2) is 12.4. The van der Waals surface area contributed by atoms with E-state index in [-0.39, 0.29) is 36.2 Å². The molecule has 0 spiro atoms. The zero-order valence-corrected chi connectivity index (χ0v) is 21.8. The number of Topliss-reactive ketones (excluding diaryl/α,β-unsaturated/α-hetero) is 2. The predicted molar refractivity (Wildman–Crippen MR) is 139 cm³/mol. The Bertz CT molecular complexity index is 1130. The minimum absolute atomic E-state index is 0.0354. The van der Waals surface area contributed by atoms with Crippen molar-refractivity contribution in [2.45, 2.75) is 76.7 Å². The number of ether oxygens (including phenoxy) is 2. The van der Waals surface area contributed by atoms with Gasteiger partial charge >= 0.3 is 5.97 Å². The molecule has 2 aliphatic rings. The Morgan fingerprint density at radius 3 is 2.51 bits per heavy atom. The molecule has 2 N–H and O–H groups in total. The van der Waals surface area contributed by atoms with E-state index in [1.165, 1.54) is 13.5 Å². The summed E-state index contributed by atoms with van der Waals surface area (Å²) < 4.78 is 10.4. The number of fused-ring (bicyclic) bond motifs is 1. The van der Waals surface area contributed by atoms with E-state index in [0.717, 1.165) is 49.4 Å². The van der Waals surface area contributed by atoms with Crippen LogP contribution < -0.4 is 10.1 Å². The molecule has 1 aromatic heterocycles. The maximum Gasteiger partial charge on any atom is 0.328 e. The number of carbonyl (C=O) groups excluding carboxylic acids is 4. The zero-order chi connectivity index (χ0) is 26.4. The molecule has 8 nitrogen and oxygen atoms in total. The molecule has 200 valence electrons. The Hall–Kier alpha value is -3.16. The Morgan fingerprint density at radius 1 is 1.05 bits per heavy atom. The molecule has 2 saturated carbocycles. The quantitative estimate of drug-likeness (QED) is 0.333. The van der Waals surface area contributed by atoms with Gasteiger partial charge in [-0.25, -0.2) is 4.79 Å². The van der Waals surface area contributed by atoms with Gasteiger partial charge in [-0.2, -0.15) is 0 Å².